The van der Waals surface area contributed by atoms with Gasteiger partial charge in [0.25, 0.3) is 0 Å². The van der Waals surface area contributed by atoms with Gasteiger partial charge in [0.05, 0.1) is 6.10 Å². The molecule has 2 amide bonds. The van der Waals surface area contributed by atoms with Crippen LogP contribution in [0.25, 0.3) is 0 Å². The summed E-state index contributed by atoms with van der Waals surface area (Å²) in [6, 6.07) is 0. The summed E-state index contributed by atoms with van der Waals surface area (Å²) in [5.74, 6) is 0.225. The summed E-state index contributed by atoms with van der Waals surface area (Å²) in [7, 11) is 0. The van der Waals surface area contributed by atoms with Crippen molar-refractivity contribution in [2.24, 2.45) is 0 Å². The molecule has 0 atom stereocenters. The Balaban J connectivity index is 0.00000254. The Labute approximate surface area is 147 Å². The first kappa shape index (κ1) is 22.9. The summed E-state index contributed by atoms with van der Waals surface area (Å²) >= 11 is 0. The molecule has 0 spiro atoms. The molecule has 6 heteroatoms. The van der Waals surface area contributed by atoms with E-state index in [9.17, 15) is 9.59 Å². The molecule has 1 heterocycles. The van der Waals surface area contributed by atoms with Crippen LogP contribution >= 0.6 is 0 Å². The number of hydrogen-bond acceptors (Lipinski definition) is 4. The largest absolute Gasteiger partial charge is 0.369 e. The van der Waals surface area contributed by atoms with E-state index in [1.54, 1.807) is 0 Å². The van der Waals surface area contributed by atoms with Crippen molar-refractivity contribution < 1.29 is 14.3 Å². The molecule has 1 aliphatic rings. The number of amides is 2. The third kappa shape index (κ3) is 10.6. The van der Waals surface area contributed by atoms with E-state index >= 15 is 0 Å². The molecule has 1 N–H and O–H groups in total. The van der Waals surface area contributed by atoms with Crippen LogP contribution in [0, 0.1) is 0 Å². The van der Waals surface area contributed by atoms with Gasteiger partial charge in [-0.2, -0.15) is 0 Å². The minimum Gasteiger partial charge on any atom is -0.369 e. The smallest absolute Gasteiger partial charge is 0.248 e. The van der Waals surface area contributed by atoms with Gasteiger partial charge in [-0.25, -0.2) is 0 Å². The van der Waals surface area contributed by atoms with Crippen LogP contribution in [0.15, 0.2) is 0 Å². The molecule has 1 saturated heterocycles. The van der Waals surface area contributed by atoms with Crippen LogP contribution in [0.4, 0.5) is 0 Å². The molecular weight excluding hydrogens is 306 g/mol. The zero-order chi connectivity index (χ0) is 18.4. The van der Waals surface area contributed by atoms with Gasteiger partial charge in [0.2, 0.25) is 11.8 Å². The second kappa shape index (κ2) is 14.2. The second-order valence-electron chi connectivity index (χ2n) is 6.04. The van der Waals surface area contributed by atoms with Gasteiger partial charge in [-0.05, 0) is 33.2 Å². The van der Waals surface area contributed by atoms with E-state index in [0.717, 1.165) is 52.1 Å². The third-order valence-electron chi connectivity index (χ3n) is 3.72. The average Bonchev–Trinajstić information content (AvgIpc) is 2.59. The van der Waals surface area contributed by atoms with Gasteiger partial charge in [0, 0.05) is 39.1 Å². The Morgan fingerprint density at radius 3 is 2.29 bits per heavy atom. The second-order valence-corrected chi connectivity index (χ2v) is 6.04. The average molecular weight is 344 g/mol. The minimum atomic E-state index is 0.0835. The highest BCUT2D eigenvalue weighted by Crippen LogP contribution is 2.04. The number of piperazine rings is 1. The molecule has 0 saturated carbocycles. The predicted molar refractivity (Wildman–Crippen MR) is 98.0 cm³/mol. The highest BCUT2D eigenvalue weighted by Gasteiger charge is 2.20. The first-order chi connectivity index (χ1) is 11.5. The van der Waals surface area contributed by atoms with Crippen molar-refractivity contribution in [3.05, 3.63) is 0 Å². The third-order valence-corrected chi connectivity index (χ3v) is 3.72. The number of hydrogen-bond donors (Lipinski definition) is 1. The Kier molecular flexibility index (Phi) is 13.5. The standard InChI is InChI=1S/C16H31N3O3.C2H6/c1-4-6-15(20)17-7-5-8-18-9-11-19(12-10-18)16(21)13-22-14(2)3;1-2/h14H,4-13H2,1-3H3,(H,17,20);1-2H3. The molecule has 24 heavy (non-hydrogen) atoms. The summed E-state index contributed by atoms with van der Waals surface area (Å²) in [5, 5.41) is 2.93. The Bertz CT molecular complexity index is 340. The highest BCUT2D eigenvalue weighted by atomic mass is 16.5. The molecule has 1 rings (SSSR count). The van der Waals surface area contributed by atoms with E-state index < -0.39 is 0 Å². The lowest BCUT2D eigenvalue weighted by molar-refractivity contribution is -0.139. The summed E-state index contributed by atoms with van der Waals surface area (Å²) in [5.41, 5.74) is 0. The van der Waals surface area contributed by atoms with Gasteiger partial charge >= 0.3 is 0 Å². The first-order valence-corrected chi connectivity index (χ1v) is 9.41. The summed E-state index contributed by atoms with van der Waals surface area (Å²) < 4.78 is 5.36. The van der Waals surface area contributed by atoms with E-state index in [1.807, 2.05) is 39.5 Å². The van der Waals surface area contributed by atoms with Crippen molar-refractivity contribution in [3.8, 4) is 0 Å². The minimum absolute atomic E-state index is 0.0835. The molecule has 0 aromatic heterocycles. The van der Waals surface area contributed by atoms with Crippen molar-refractivity contribution >= 4 is 11.8 Å². The van der Waals surface area contributed by atoms with Crippen LogP contribution in [0.3, 0.4) is 0 Å². The lowest BCUT2D eigenvalue weighted by atomic mass is 10.2. The predicted octanol–water partition coefficient (Wildman–Crippen LogP) is 1.89. The fourth-order valence-corrected chi connectivity index (χ4v) is 2.40. The highest BCUT2D eigenvalue weighted by molar-refractivity contribution is 5.77. The molecule has 0 aliphatic carbocycles. The maximum atomic E-state index is 11.9. The first-order valence-electron chi connectivity index (χ1n) is 9.41. The van der Waals surface area contributed by atoms with Crippen LogP contribution in [-0.2, 0) is 14.3 Å². The number of nitrogens with zero attached hydrogens (tertiary/aromatic N) is 2. The van der Waals surface area contributed by atoms with Gasteiger partial charge in [-0.15, -0.1) is 0 Å². The maximum absolute atomic E-state index is 11.9. The normalized spacial score (nSPS) is 15.0. The SMILES string of the molecule is CC.CCCC(=O)NCCCN1CCN(C(=O)COC(C)C)CC1. The van der Waals surface area contributed by atoms with E-state index in [0.29, 0.717) is 6.42 Å². The molecule has 142 valence electrons. The number of carbonyl (C=O) groups excluding carboxylic acids is 2. The summed E-state index contributed by atoms with van der Waals surface area (Å²) in [6.45, 7) is 15.1. The zero-order valence-corrected chi connectivity index (χ0v) is 16.3. The number of ether oxygens (including phenoxy) is 1. The van der Waals surface area contributed by atoms with Gasteiger partial charge in [-0.3, -0.25) is 14.5 Å². The number of rotatable bonds is 9. The monoisotopic (exact) mass is 343 g/mol. The maximum Gasteiger partial charge on any atom is 0.248 e. The van der Waals surface area contributed by atoms with E-state index in [2.05, 4.69) is 10.2 Å². The van der Waals surface area contributed by atoms with E-state index in [4.69, 9.17) is 4.74 Å². The Hall–Kier alpha value is -1.14. The van der Waals surface area contributed by atoms with Gasteiger partial charge in [-0.1, -0.05) is 20.8 Å². The van der Waals surface area contributed by atoms with Crippen LogP contribution in [-0.4, -0.2) is 73.6 Å². The van der Waals surface area contributed by atoms with E-state index in [1.165, 1.54) is 0 Å². The van der Waals surface area contributed by atoms with Crippen molar-refractivity contribution in [1.82, 2.24) is 15.1 Å². The quantitative estimate of drug-likeness (QED) is 0.650. The van der Waals surface area contributed by atoms with Crippen LogP contribution in [0.2, 0.25) is 0 Å². The number of nitrogens with one attached hydrogen (secondary N) is 1. The Morgan fingerprint density at radius 1 is 1.12 bits per heavy atom. The fourth-order valence-electron chi connectivity index (χ4n) is 2.40. The van der Waals surface area contributed by atoms with Gasteiger partial charge in [0.1, 0.15) is 6.61 Å². The van der Waals surface area contributed by atoms with Crippen molar-refractivity contribution in [2.75, 3.05) is 45.9 Å². The van der Waals surface area contributed by atoms with Crippen molar-refractivity contribution in [3.63, 3.8) is 0 Å². The van der Waals surface area contributed by atoms with Crippen molar-refractivity contribution in [1.29, 1.82) is 0 Å². The molecule has 1 aliphatic heterocycles. The topological polar surface area (TPSA) is 61.9 Å². The van der Waals surface area contributed by atoms with Gasteiger partial charge < -0.3 is 15.0 Å². The molecule has 0 bridgehead atoms. The summed E-state index contributed by atoms with van der Waals surface area (Å²) in [4.78, 5) is 27.5. The molecule has 0 aromatic carbocycles. The molecular formula is C18H37N3O3. The lowest BCUT2D eigenvalue weighted by Crippen LogP contribution is -2.50. The molecule has 1 fully saturated rings. The zero-order valence-electron chi connectivity index (χ0n) is 16.3. The molecule has 0 unspecified atom stereocenters. The molecule has 6 nitrogen and oxygen atoms in total. The Morgan fingerprint density at radius 2 is 1.75 bits per heavy atom. The van der Waals surface area contributed by atoms with Crippen LogP contribution in [0.5, 0.6) is 0 Å². The lowest BCUT2D eigenvalue weighted by Gasteiger charge is -2.34. The van der Waals surface area contributed by atoms with E-state index in [-0.39, 0.29) is 24.5 Å². The van der Waals surface area contributed by atoms with Crippen LogP contribution < -0.4 is 5.32 Å². The molecule has 0 aromatic rings. The summed E-state index contributed by atoms with van der Waals surface area (Å²) in [6.07, 6.45) is 2.55. The van der Waals surface area contributed by atoms with Crippen LogP contribution in [0.1, 0.15) is 53.9 Å². The van der Waals surface area contributed by atoms with Crippen molar-refractivity contribution in [2.45, 2.75) is 60.0 Å². The number of carbonyl (C=O) groups is 2. The van der Waals surface area contributed by atoms with Gasteiger partial charge in [0.15, 0.2) is 0 Å². The molecule has 0 radical (unpaired) electrons. The fraction of sp³-hybridized carbons (Fsp3) is 0.889.